The number of halogens is 1. The minimum absolute atomic E-state index is 0. The van der Waals surface area contributed by atoms with Gasteiger partial charge in [-0.25, -0.2) is 0 Å². The molecule has 6 heteroatoms. The SMILES string of the molecule is CN(C(=O)CCNC(=O)c1ccc2ccccc2c1)C1CC2CCC(C1)N2.Cl. The molecule has 2 aliphatic heterocycles. The van der Waals surface area contributed by atoms with Crippen molar-refractivity contribution in [2.45, 2.75) is 50.2 Å². The van der Waals surface area contributed by atoms with Crippen LogP contribution in [-0.2, 0) is 4.79 Å². The van der Waals surface area contributed by atoms with Crippen molar-refractivity contribution in [3.63, 3.8) is 0 Å². The van der Waals surface area contributed by atoms with Gasteiger partial charge in [-0.1, -0.05) is 30.3 Å². The average Bonchev–Trinajstić information content (AvgIpc) is 3.04. The van der Waals surface area contributed by atoms with Crippen LogP contribution < -0.4 is 10.6 Å². The zero-order chi connectivity index (χ0) is 18.8. The second-order valence-electron chi connectivity index (χ2n) is 7.84. The normalized spacial score (nSPS) is 23.1. The monoisotopic (exact) mass is 401 g/mol. The van der Waals surface area contributed by atoms with Crippen LogP contribution in [0.3, 0.4) is 0 Å². The number of carbonyl (C=O) groups excluding carboxylic acids is 2. The molecule has 5 nitrogen and oxygen atoms in total. The van der Waals surface area contributed by atoms with Gasteiger partial charge in [-0.05, 0) is 48.6 Å². The Hall–Kier alpha value is -2.11. The predicted octanol–water partition coefficient (Wildman–Crippen LogP) is 3.12. The molecular formula is C22H28ClN3O2. The van der Waals surface area contributed by atoms with Crippen LogP contribution in [0.1, 0.15) is 42.5 Å². The van der Waals surface area contributed by atoms with E-state index < -0.39 is 0 Å². The van der Waals surface area contributed by atoms with Gasteiger partial charge in [0, 0.05) is 43.7 Å². The maximum absolute atomic E-state index is 12.5. The third kappa shape index (κ3) is 4.47. The number of hydrogen-bond acceptors (Lipinski definition) is 3. The molecule has 0 radical (unpaired) electrons. The zero-order valence-electron chi connectivity index (χ0n) is 16.2. The summed E-state index contributed by atoms with van der Waals surface area (Å²) in [5, 5.41) is 8.65. The molecule has 2 amide bonds. The van der Waals surface area contributed by atoms with Gasteiger partial charge in [-0.15, -0.1) is 12.4 Å². The summed E-state index contributed by atoms with van der Waals surface area (Å²) in [6.07, 6.45) is 4.88. The van der Waals surface area contributed by atoms with E-state index in [0.717, 1.165) is 23.6 Å². The fourth-order valence-corrected chi connectivity index (χ4v) is 4.44. The first-order chi connectivity index (χ1) is 13.1. The molecular weight excluding hydrogens is 374 g/mol. The maximum atomic E-state index is 12.5. The Morgan fingerprint density at radius 2 is 1.75 bits per heavy atom. The molecule has 4 rings (SSSR count). The van der Waals surface area contributed by atoms with Crippen LogP contribution in [0, 0.1) is 0 Å². The number of nitrogens with zero attached hydrogens (tertiary/aromatic N) is 1. The first-order valence-corrected chi connectivity index (χ1v) is 9.89. The van der Waals surface area contributed by atoms with E-state index >= 15 is 0 Å². The Morgan fingerprint density at radius 3 is 2.46 bits per heavy atom. The van der Waals surface area contributed by atoms with Gasteiger partial charge in [0.05, 0.1) is 0 Å². The maximum Gasteiger partial charge on any atom is 0.251 e. The fraction of sp³-hybridized carbons (Fsp3) is 0.455. The molecule has 2 bridgehead atoms. The van der Waals surface area contributed by atoms with Crippen molar-refractivity contribution < 1.29 is 9.59 Å². The van der Waals surface area contributed by atoms with Crippen LogP contribution in [0.15, 0.2) is 42.5 Å². The topological polar surface area (TPSA) is 61.4 Å². The molecule has 2 N–H and O–H groups in total. The summed E-state index contributed by atoms with van der Waals surface area (Å²) in [5.74, 6) is -0.0174. The molecule has 0 saturated carbocycles. The van der Waals surface area contributed by atoms with E-state index in [1.165, 1.54) is 12.8 Å². The van der Waals surface area contributed by atoms with Gasteiger partial charge >= 0.3 is 0 Å². The standard InChI is InChI=1S/C22H27N3O2.ClH/c1-25(20-13-18-8-9-19(14-20)24-18)21(26)10-11-23-22(27)17-7-6-15-4-2-3-5-16(15)12-17;/h2-7,12,18-20,24H,8-11,13-14H2,1H3,(H,23,27);1H. The first kappa shape index (κ1) is 20.6. The minimum Gasteiger partial charge on any atom is -0.352 e. The number of benzene rings is 2. The molecule has 2 saturated heterocycles. The average molecular weight is 402 g/mol. The molecule has 0 aliphatic carbocycles. The number of piperidine rings is 1. The van der Waals surface area contributed by atoms with Gasteiger partial charge in [0.1, 0.15) is 0 Å². The summed E-state index contributed by atoms with van der Waals surface area (Å²) in [7, 11) is 1.91. The highest BCUT2D eigenvalue weighted by Gasteiger charge is 2.36. The molecule has 2 aliphatic rings. The largest absolute Gasteiger partial charge is 0.352 e. The Bertz CT molecular complexity index is 845. The number of rotatable bonds is 5. The molecule has 2 fully saturated rings. The molecule has 0 spiro atoms. The lowest BCUT2D eigenvalue weighted by Crippen LogP contribution is -2.49. The van der Waals surface area contributed by atoms with E-state index in [1.807, 2.05) is 54.4 Å². The van der Waals surface area contributed by atoms with Crippen LogP contribution in [0.2, 0.25) is 0 Å². The number of fused-ring (bicyclic) bond motifs is 3. The molecule has 2 unspecified atom stereocenters. The van der Waals surface area contributed by atoms with E-state index in [0.29, 0.717) is 36.7 Å². The molecule has 28 heavy (non-hydrogen) atoms. The number of amides is 2. The Labute approximate surface area is 172 Å². The Kier molecular flexibility index (Phi) is 6.57. The van der Waals surface area contributed by atoms with Gasteiger partial charge in [0.2, 0.25) is 5.91 Å². The lowest BCUT2D eigenvalue weighted by Gasteiger charge is -2.35. The van der Waals surface area contributed by atoms with Gasteiger partial charge in [0.25, 0.3) is 5.91 Å². The van der Waals surface area contributed by atoms with Crippen molar-refractivity contribution >= 4 is 35.0 Å². The van der Waals surface area contributed by atoms with E-state index in [1.54, 1.807) is 0 Å². The first-order valence-electron chi connectivity index (χ1n) is 9.89. The number of hydrogen-bond donors (Lipinski definition) is 2. The van der Waals surface area contributed by atoms with Crippen molar-refractivity contribution in [3.05, 3.63) is 48.0 Å². The molecule has 2 aromatic carbocycles. The van der Waals surface area contributed by atoms with Crippen molar-refractivity contribution in [2.24, 2.45) is 0 Å². The Morgan fingerprint density at radius 1 is 1.07 bits per heavy atom. The third-order valence-corrected chi connectivity index (χ3v) is 6.03. The fourth-order valence-electron chi connectivity index (χ4n) is 4.44. The van der Waals surface area contributed by atoms with Crippen LogP contribution >= 0.6 is 12.4 Å². The number of carbonyl (C=O) groups is 2. The second kappa shape index (κ2) is 8.93. The summed E-state index contributed by atoms with van der Waals surface area (Å²) in [5.41, 5.74) is 0.629. The molecule has 150 valence electrons. The number of nitrogens with one attached hydrogen (secondary N) is 2. The highest BCUT2D eigenvalue weighted by atomic mass is 35.5. The van der Waals surface area contributed by atoms with E-state index in [-0.39, 0.29) is 24.2 Å². The van der Waals surface area contributed by atoms with Crippen LogP contribution in [0.4, 0.5) is 0 Å². The molecule has 0 aromatic heterocycles. The van der Waals surface area contributed by atoms with Crippen molar-refractivity contribution in [3.8, 4) is 0 Å². The van der Waals surface area contributed by atoms with Crippen LogP contribution in [-0.4, -0.2) is 48.4 Å². The predicted molar refractivity (Wildman–Crippen MR) is 114 cm³/mol. The lowest BCUT2D eigenvalue weighted by molar-refractivity contribution is -0.132. The van der Waals surface area contributed by atoms with Crippen LogP contribution in [0.5, 0.6) is 0 Å². The summed E-state index contributed by atoms with van der Waals surface area (Å²) in [6.45, 7) is 0.368. The van der Waals surface area contributed by atoms with Gasteiger partial charge in [-0.2, -0.15) is 0 Å². The second-order valence-corrected chi connectivity index (χ2v) is 7.84. The van der Waals surface area contributed by atoms with E-state index in [2.05, 4.69) is 10.6 Å². The van der Waals surface area contributed by atoms with Crippen molar-refractivity contribution in [1.29, 1.82) is 0 Å². The van der Waals surface area contributed by atoms with E-state index in [4.69, 9.17) is 0 Å². The third-order valence-electron chi connectivity index (χ3n) is 6.03. The van der Waals surface area contributed by atoms with Gasteiger partial charge in [0.15, 0.2) is 0 Å². The lowest BCUT2D eigenvalue weighted by atomic mass is 9.98. The summed E-state index contributed by atoms with van der Waals surface area (Å²) in [6, 6.07) is 15.1. The summed E-state index contributed by atoms with van der Waals surface area (Å²) in [4.78, 5) is 26.8. The van der Waals surface area contributed by atoms with Gasteiger partial charge < -0.3 is 15.5 Å². The minimum atomic E-state index is -0.129. The van der Waals surface area contributed by atoms with Crippen LogP contribution in [0.25, 0.3) is 10.8 Å². The highest BCUT2D eigenvalue weighted by Crippen LogP contribution is 2.29. The summed E-state index contributed by atoms with van der Waals surface area (Å²) < 4.78 is 0. The zero-order valence-corrected chi connectivity index (χ0v) is 17.0. The highest BCUT2D eigenvalue weighted by molar-refractivity contribution is 5.98. The quantitative estimate of drug-likeness (QED) is 0.809. The van der Waals surface area contributed by atoms with Crippen molar-refractivity contribution in [1.82, 2.24) is 15.5 Å². The molecule has 2 heterocycles. The van der Waals surface area contributed by atoms with Crippen molar-refractivity contribution in [2.75, 3.05) is 13.6 Å². The smallest absolute Gasteiger partial charge is 0.251 e. The van der Waals surface area contributed by atoms with E-state index in [9.17, 15) is 9.59 Å². The summed E-state index contributed by atoms with van der Waals surface area (Å²) >= 11 is 0. The Balaban J connectivity index is 0.00000225. The van der Waals surface area contributed by atoms with Gasteiger partial charge in [-0.3, -0.25) is 9.59 Å². The molecule has 2 atom stereocenters. The molecule has 2 aromatic rings.